The molecule has 1 fully saturated rings. The molecule has 1 aliphatic heterocycles. The summed E-state index contributed by atoms with van der Waals surface area (Å²) in [7, 11) is -1.37. The van der Waals surface area contributed by atoms with Crippen LogP contribution in [0.5, 0.6) is 0 Å². The van der Waals surface area contributed by atoms with Gasteiger partial charge in [-0.05, 0) is 31.6 Å². The lowest BCUT2D eigenvalue weighted by molar-refractivity contribution is 0.0712. The third-order valence-electron chi connectivity index (χ3n) is 4.22. The lowest BCUT2D eigenvalue weighted by atomic mass is 10.2. The lowest BCUT2D eigenvalue weighted by Crippen LogP contribution is -2.37. The Bertz CT molecular complexity index is 619. The molecule has 0 saturated carbocycles. The van der Waals surface area contributed by atoms with Crippen molar-refractivity contribution in [1.82, 2.24) is 9.80 Å². The van der Waals surface area contributed by atoms with Gasteiger partial charge in [-0.1, -0.05) is 13.8 Å². The number of rotatable bonds is 6. The topological polar surface area (TPSA) is 70.8 Å². The van der Waals surface area contributed by atoms with Gasteiger partial charge < -0.3 is 9.32 Å². The standard InChI is InChI=1S/C15H24N2O4S/c1-4-17(5-2)10-13-6-7-14(21-13)15(18)16(3)12-8-9-22(19,20)11-12/h6-7,12H,4-5,8-11H2,1-3H3. The van der Waals surface area contributed by atoms with Crippen molar-refractivity contribution < 1.29 is 17.6 Å². The summed E-state index contributed by atoms with van der Waals surface area (Å²) in [4.78, 5) is 16.1. The minimum atomic E-state index is -3.00. The van der Waals surface area contributed by atoms with Gasteiger partial charge >= 0.3 is 0 Å². The van der Waals surface area contributed by atoms with Crippen molar-refractivity contribution in [3.8, 4) is 0 Å². The molecular weight excluding hydrogens is 304 g/mol. The van der Waals surface area contributed by atoms with E-state index in [1.54, 1.807) is 13.1 Å². The Morgan fingerprint density at radius 2 is 2.00 bits per heavy atom. The fourth-order valence-corrected chi connectivity index (χ4v) is 4.44. The minimum absolute atomic E-state index is 0.0439. The largest absolute Gasteiger partial charge is 0.455 e. The van der Waals surface area contributed by atoms with Crippen molar-refractivity contribution in [2.45, 2.75) is 32.9 Å². The maximum absolute atomic E-state index is 12.4. The van der Waals surface area contributed by atoms with Gasteiger partial charge in [-0.15, -0.1) is 0 Å². The van der Waals surface area contributed by atoms with Crippen molar-refractivity contribution in [3.63, 3.8) is 0 Å². The molecule has 2 heterocycles. The summed E-state index contributed by atoms with van der Waals surface area (Å²) in [5.74, 6) is 0.962. The quantitative estimate of drug-likeness (QED) is 0.789. The molecule has 1 unspecified atom stereocenters. The highest BCUT2D eigenvalue weighted by molar-refractivity contribution is 7.91. The maximum Gasteiger partial charge on any atom is 0.289 e. The number of amides is 1. The molecule has 7 heteroatoms. The van der Waals surface area contributed by atoms with Crippen molar-refractivity contribution in [2.75, 3.05) is 31.6 Å². The van der Waals surface area contributed by atoms with E-state index in [0.717, 1.165) is 18.8 Å². The Hall–Kier alpha value is -1.34. The lowest BCUT2D eigenvalue weighted by Gasteiger charge is -2.22. The molecule has 6 nitrogen and oxygen atoms in total. The zero-order valence-corrected chi connectivity index (χ0v) is 14.2. The van der Waals surface area contributed by atoms with Crippen LogP contribution < -0.4 is 0 Å². The van der Waals surface area contributed by atoms with Crippen LogP contribution in [0.1, 0.15) is 36.6 Å². The zero-order chi connectivity index (χ0) is 16.3. The summed E-state index contributed by atoms with van der Waals surface area (Å²) >= 11 is 0. The fraction of sp³-hybridized carbons (Fsp3) is 0.667. The van der Waals surface area contributed by atoms with Crippen LogP contribution in [0.25, 0.3) is 0 Å². The molecule has 1 atom stereocenters. The molecule has 0 bridgehead atoms. The molecule has 1 aromatic rings. The average molecular weight is 328 g/mol. The Kier molecular flexibility index (Phi) is 5.28. The number of hydrogen-bond acceptors (Lipinski definition) is 5. The van der Waals surface area contributed by atoms with Gasteiger partial charge in [-0.3, -0.25) is 9.69 Å². The van der Waals surface area contributed by atoms with Crippen LogP contribution in [-0.2, 0) is 16.4 Å². The van der Waals surface area contributed by atoms with E-state index in [1.165, 1.54) is 4.90 Å². The Labute approximate surface area is 132 Å². The van der Waals surface area contributed by atoms with Crippen LogP contribution in [-0.4, -0.2) is 61.8 Å². The monoisotopic (exact) mass is 328 g/mol. The summed E-state index contributed by atoms with van der Waals surface area (Å²) in [5.41, 5.74) is 0. The SMILES string of the molecule is CCN(CC)Cc1ccc(C(=O)N(C)C2CCS(=O)(=O)C2)o1. The highest BCUT2D eigenvalue weighted by Gasteiger charge is 2.33. The van der Waals surface area contributed by atoms with Crippen molar-refractivity contribution in [2.24, 2.45) is 0 Å². The average Bonchev–Trinajstić information content (AvgIpc) is 3.09. The molecule has 0 aliphatic carbocycles. The first-order chi connectivity index (χ1) is 10.4. The van der Waals surface area contributed by atoms with E-state index < -0.39 is 9.84 Å². The Morgan fingerprint density at radius 1 is 1.32 bits per heavy atom. The molecule has 0 aromatic carbocycles. The van der Waals surface area contributed by atoms with Gasteiger partial charge in [0.25, 0.3) is 5.91 Å². The molecule has 1 aromatic heterocycles. The van der Waals surface area contributed by atoms with Crippen LogP contribution in [0.2, 0.25) is 0 Å². The predicted molar refractivity (Wildman–Crippen MR) is 84.5 cm³/mol. The van der Waals surface area contributed by atoms with Gasteiger partial charge in [0.1, 0.15) is 5.76 Å². The fourth-order valence-electron chi connectivity index (χ4n) is 2.67. The number of carbonyl (C=O) groups excluding carboxylic acids is 1. The second kappa shape index (κ2) is 6.83. The van der Waals surface area contributed by atoms with E-state index in [1.807, 2.05) is 6.07 Å². The first kappa shape index (κ1) is 17.0. The molecule has 1 amide bonds. The van der Waals surface area contributed by atoms with E-state index >= 15 is 0 Å². The molecule has 0 N–H and O–H groups in total. The number of sulfone groups is 1. The number of furan rings is 1. The number of carbonyl (C=O) groups is 1. The van der Waals surface area contributed by atoms with Gasteiger partial charge in [0.2, 0.25) is 0 Å². The molecule has 124 valence electrons. The molecule has 1 aliphatic rings. The van der Waals surface area contributed by atoms with Gasteiger partial charge in [0.15, 0.2) is 15.6 Å². The highest BCUT2D eigenvalue weighted by Crippen LogP contribution is 2.20. The zero-order valence-electron chi connectivity index (χ0n) is 13.4. The van der Waals surface area contributed by atoms with Crippen LogP contribution in [0.15, 0.2) is 16.5 Å². The molecule has 1 saturated heterocycles. The van der Waals surface area contributed by atoms with Gasteiger partial charge in [-0.2, -0.15) is 0 Å². The molecule has 0 spiro atoms. The normalized spacial score (nSPS) is 20.5. The summed E-state index contributed by atoms with van der Waals surface area (Å²) in [5, 5.41) is 0. The summed E-state index contributed by atoms with van der Waals surface area (Å²) in [6, 6.07) is 3.22. The second-order valence-electron chi connectivity index (χ2n) is 5.70. The Balaban J connectivity index is 2.02. The van der Waals surface area contributed by atoms with Crippen molar-refractivity contribution >= 4 is 15.7 Å². The minimum Gasteiger partial charge on any atom is -0.455 e. The molecular formula is C15H24N2O4S. The first-order valence-electron chi connectivity index (χ1n) is 7.65. The number of nitrogens with zero attached hydrogens (tertiary/aromatic N) is 2. The van der Waals surface area contributed by atoms with Crippen LogP contribution >= 0.6 is 0 Å². The number of hydrogen-bond donors (Lipinski definition) is 0. The van der Waals surface area contributed by atoms with Gasteiger partial charge in [0.05, 0.1) is 18.1 Å². The molecule has 0 radical (unpaired) electrons. The van der Waals surface area contributed by atoms with E-state index in [2.05, 4.69) is 18.7 Å². The van der Waals surface area contributed by atoms with Crippen LogP contribution in [0.3, 0.4) is 0 Å². The summed E-state index contributed by atoms with van der Waals surface area (Å²) in [6.07, 6.45) is 0.498. The van der Waals surface area contributed by atoms with E-state index in [0.29, 0.717) is 13.0 Å². The smallest absolute Gasteiger partial charge is 0.289 e. The van der Waals surface area contributed by atoms with Crippen LogP contribution in [0.4, 0.5) is 0 Å². The molecule has 2 rings (SSSR count). The van der Waals surface area contributed by atoms with Crippen molar-refractivity contribution in [3.05, 3.63) is 23.7 Å². The Morgan fingerprint density at radius 3 is 2.55 bits per heavy atom. The highest BCUT2D eigenvalue weighted by atomic mass is 32.2. The summed E-state index contributed by atoms with van der Waals surface area (Å²) in [6.45, 7) is 6.65. The third-order valence-corrected chi connectivity index (χ3v) is 5.97. The third kappa shape index (κ3) is 3.89. The predicted octanol–water partition coefficient (Wildman–Crippen LogP) is 1.38. The molecule has 22 heavy (non-hydrogen) atoms. The van der Waals surface area contributed by atoms with Crippen molar-refractivity contribution in [1.29, 1.82) is 0 Å². The van der Waals surface area contributed by atoms with E-state index in [4.69, 9.17) is 4.42 Å². The first-order valence-corrected chi connectivity index (χ1v) is 9.47. The maximum atomic E-state index is 12.4. The van der Waals surface area contributed by atoms with E-state index in [-0.39, 0.29) is 29.2 Å². The summed E-state index contributed by atoms with van der Waals surface area (Å²) < 4.78 is 28.7. The van der Waals surface area contributed by atoms with Gasteiger partial charge in [-0.25, -0.2) is 8.42 Å². The van der Waals surface area contributed by atoms with Gasteiger partial charge in [0, 0.05) is 13.1 Å². The second-order valence-corrected chi connectivity index (χ2v) is 7.93. The van der Waals surface area contributed by atoms with E-state index in [9.17, 15) is 13.2 Å². The van der Waals surface area contributed by atoms with Crippen LogP contribution in [0, 0.1) is 0 Å².